The third-order valence-electron chi connectivity index (χ3n) is 5.87. The van der Waals surface area contributed by atoms with Gasteiger partial charge in [-0.15, -0.1) is 0 Å². The first kappa shape index (κ1) is 25.5. The van der Waals surface area contributed by atoms with Crippen LogP contribution in [-0.4, -0.2) is 0 Å². The van der Waals surface area contributed by atoms with Crippen molar-refractivity contribution < 1.29 is 35.5 Å². The molecule has 0 heterocycles. The van der Waals surface area contributed by atoms with Gasteiger partial charge in [-0.2, -0.15) is 8.78 Å². The fraction of sp³-hybridized carbons (Fsp3) is 0.214. The molecule has 0 aliphatic carbocycles. The van der Waals surface area contributed by atoms with Gasteiger partial charge >= 0.3 is 6.11 Å². The highest BCUT2D eigenvalue weighted by Gasteiger charge is 2.35. The molecule has 0 fully saturated rings. The third kappa shape index (κ3) is 5.32. The molecule has 188 valence electrons. The van der Waals surface area contributed by atoms with Crippen molar-refractivity contribution in [3.63, 3.8) is 0 Å². The zero-order chi connectivity index (χ0) is 26.0. The number of halogens is 7. The molecule has 8 heteroatoms. The molecular formula is C28H21F7O. The van der Waals surface area contributed by atoms with Gasteiger partial charge in [0, 0.05) is 17.5 Å². The van der Waals surface area contributed by atoms with Gasteiger partial charge in [0.1, 0.15) is 5.75 Å². The lowest BCUT2D eigenvalue weighted by atomic mass is 9.97. The lowest BCUT2D eigenvalue weighted by Crippen LogP contribution is -2.22. The van der Waals surface area contributed by atoms with E-state index in [0.29, 0.717) is 23.1 Å². The van der Waals surface area contributed by atoms with Crippen LogP contribution in [0.2, 0.25) is 0 Å². The van der Waals surface area contributed by atoms with Gasteiger partial charge in [0.2, 0.25) is 0 Å². The Morgan fingerprint density at radius 1 is 0.667 bits per heavy atom. The van der Waals surface area contributed by atoms with E-state index in [4.69, 9.17) is 0 Å². The van der Waals surface area contributed by atoms with Gasteiger partial charge in [-0.1, -0.05) is 37.6 Å². The van der Waals surface area contributed by atoms with E-state index in [1.807, 2.05) is 13.0 Å². The number of alkyl halides is 2. The lowest BCUT2D eigenvalue weighted by molar-refractivity contribution is -0.185. The number of rotatable bonds is 8. The summed E-state index contributed by atoms with van der Waals surface area (Å²) in [7, 11) is 0. The molecule has 0 bridgehead atoms. The van der Waals surface area contributed by atoms with Crippen molar-refractivity contribution >= 4 is 10.8 Å². The van der Waals surface area contributed by atoms with Crippen LogP contribution in [-0.2, 0) is 25.4 Å². The minimum atomic E-state index is -3.96. The smallest absolute Gasteiger partial charge is 0.426 e. The Morgan fingerprint density at radius 2 is 1.31 bits per heavy atom. The van der Waals surface area contributed by atoms with Crippen molar-refractivity contribution in [2.45, 2.75) is 38.7 Å². The lowest BCUT2D eigenvalue weighted by Gasteiger charge is -2.19. The molecule has 36 heavy (non-hydrogen) atoms. The zero-order valence-electron chi connectivity index (χ0n) is 19.2. The average molecular weight is 506 g/mol. The predicted octanol–water partition coefficient (Wildman–Crippen LogP) is 8.40. The molecule has 0 radical (unpaired) electrons. The molecule has 0 spiro atoms. The molecule has 0 unspecified atom stereocenters. The molecule has 0 N–H and O–H groups in total. The highest BCUT2D eigenvalue weighted by atomic mass is 19.3. The summed E-state index contributed by atoms with van der Waals surface area (Å²) < 4.78 is 102. The van der Waals surface area contributed by atoms with Crippen molar-refractivity contribution in [3.05, 3.63) is 112 Å². The van der Waals surface area contributed by atoms with Crippen molar-refractivity contribution in [1.82, 2.24) is 0 Å². The second-order valence-electron chi connectivity index (χ2n) is 8.49. The van der Waals surface area contributed by atoms with E-state index < -0.39 is 46.5 Å². The summed E-state index contributed by atoms with van der Waals surface area (Å²) in [6.45, 7) is 2.00. The standard InChI is InChI=1S/C28H21F7O/c1-2-3-17-5-8-18-13-19(25(31)26(32)22(18)12-17)9-4-16-6-10-20(11-7-16)28(34,35)36-21-14-23(29)27(33)24(30)15-21/h5-8,10-15H,2-4,9H2,1H3. The topological polar surface area (TPSA) is 9.23 Å². The van der Waals surface area contributed by atoms with Crippen LogP contribution < -0.4 is 4.74 Å². The average Bonchev–Trinajstić information content (AvgIpc) is 2.84. The first-order valence-corrected chi connectivity index (χ1v) is 11.3. The first-order chi connectivity index (χ1) is 17.1. The van der Waals surface area contributed by atoms with Crippen LogP contribution >= 0.6 is 0 Å². The Balaban J connectivity index is 1.48. The summed E-state index contributed by atoms with van der Waals surface area (Å²) in [5.74, 6) is -7.84. The molecule has 0 amide bonds. The molecule has 0 aromatic heterocycles. The Hall–Kier alpha value is -3.55. The highest BCUT2D eigenvalue weighted by molar-refractivity contribution is 5.84. The quantitative estimate of drug-likeness (QED) is 0.172. The van der Waals surface area contributed by atoms with Gasteiger partial charge in [0.05, 0.1) is 5.56 Å². The predicted molar refractivity (Wildman–Crippen MR) is 123 cm³/mol. The maximum Gasteiger partial charge on any atom is 0.426 e. The van der Waals surface area contributed by atoms with Crippen molar-refractivity contribution in [2.75, 3.05) is 0 Å². The van der Waals surface area contributed by atoms with Crippen LogP contribution in [0.25, 0.3) is 10.8 Å². The molecule has 0 saturated carbocycles. The van der Waals surface area contributed by atoms with Crippen LogP contribution in [0.3, 0.4) is 0 Å². The summed E-state index contributed by atoms with van der Waals surface area (Å²) in [6, 6.07) is 12.3. The number of hydrogen-bond acceptors (Lipinski definition) is 1. The van der Waals surface area contributed by atoms with Crippen molar-refractivity contribution in [3.8, 4) is 5.75 Å². The van der Waals surface area contributed by atoms with Crippen LogP contribution in [0.5, 0.6) is 5.75 Å². The van der Waals surface area contributed by atoms with Gasteiger partial charge in [-0.25, -0.2) is 22.0 Å². The monoisotopic (exact) mass is 506 g/mol. The van der Waals surface area contributed by atoms with Gasteiger partial charge in [-0.05, 0) is 65.6 Å². The van der Waals surface area contributed by atoms with E-state index in [0.717, 1.165) is 30.5 Å². The molecule has 4 rings (SSSR count). The van der Waals surface area contributed by atoms with Crippen molar-refractivity contribution in [2.24, 2.45) is 0 Å². The number of hydrogen-bond donors (Lipinski definition) is 0. The molecule has 4 aromatic rings. The highest BCUT2D eigenvalue weighted by Crippen LogP contribution is 2.33. The van der Waals surface area contributed by atoms with E-state index >= 15 is 0 Å². The van der Waals surface area contributed by atoms with Gasteiger partial charge < -0.3 is 4.74 Å². The van der Waals surface area contributed by atoms with E-state index in [9.17, 15) is 30.7 Å². The van der Waals surface area contributed by atoms with E-state index in [1.165, 1.54) is 12.1 Å². The largest absolute Gasteiger partial charge is 0.429 e. The molecule has 4 aromatic carbocycles. The Labute approximate surface area is 203 Å². The Kier molecular flexibility index (Phi) is 7.24. The molecule has 0 atom stereocenters. The third-order valence-corrected chi connectivity index (χ3v) is 5.87. The number of ether oxygens (including phenoxy) is 1. The minimum Gasteiger partial charge on any atom is -0.429 e. The molecule has 1 nitrogen and oxygen atoms in total. The normalized spacial score (nSPS) is 11.8. The SMILES string of the molecule is CCCc1ccc2cc(CCc3ccc(C(F)(F)Oc4cc(F)c(F)c(F)c4)cc3)c(F)c(F)c2c1. The zero-order valence-corrected chi connectivity index (χ0v) is 19.2. The van der Waals surface area contributed by atoms with Gasteiger partial charge in [0.25, 0.3) is 0 Å². The van der Waals surface area contributed by atoms with Gasteiger partial charge in [0.15, 0.2) is 29.1 Å². The molecule has 0 saturated heterocycles. The number of aryl methyl sites for hydroxylation is 3. The minimum absolute atomic E-state index is 0.135. The van der Waals surface area contributed by atoms with Crippen LogP contribution in [0, 0.1) is 29.1 Å². The Bertz CT molecular complexity index is 1370. The molecule has 0 aliphatic rings. The van der Waals surface area contributed by atoms with Crippen LogP contribution in [0.15, 0.2) is 60.7 Å². The fourth-order valence-electron chi connectivity index (χ4n) is 4.00. The summed E-state index contributed by atoms with van der Waals surface area (Å²) >= 11 is 0. The fourth-order valence-corrected chi connectivity index (χ4v) is 4.00. The van der Waals surface area contributed by atoms with E-state index in [-0.39, 0.29) is 23.8 Å². The summed E-state index contributed by atoms with van der Waals surface area (Å²) in [4.78, 5) is 0. The van der Waals surface area contributed by atoms with Crippen LogP contribution in [0.4, 0.5) is 30.7 Å². The molecular weight excluding hydrogens is 485 g/mol. The first-order valence-electron chi connectivity index (χ1n) is 11.3. The van der Waals surface area contributed by atoms with Crippen molar-refractivity contribution in [1.29, 1.82) is 0 Å². The second-order valence-corrected chi connectivity index (χ2v) is 8.49. The number of fused-ring (bicyclic) bond motifs is 1. The van der Waals surface area contributed by atoms with Crippen LogP contribution in [0.1, 0.15) is 35.6 Å². The summed E-state index contributed by atoms with van der Waals surface area (Å²) in [5.41, 5.74) is 1.06. The number of benzene rings is 4. The van der Waals surface area contributed by atoms with Gasteiger partial charge in [-0.3, -0.25) is 0 Å². The maximum atomic E-state index is 14.7. The Morgan fingerprint density at radius 3 is 1.94 bits per heavy atom. The summed E-state index contributed by atoms with van der Waals surface area (Å²) in [6.07, 6.45) is -1.93. The van der Waals surface area contributed by atoms with E-state index in [2.05, 4.69) is 4.74 Å². The van der Waals surface area contributed by atoms with E-state index in [1.54, 1.807) is 18.2 Å². The second kappa shape index (κ2) is 10.2. The summed E-state index contributed by atoms with van der Waals surface area (Å²) in [5, 5.41) is 0.791. The maximum absolute atomic E-state index is 14.7. The molecule has 0 aliphatic heterocycles.